The molecule has 0 atom stereocenters. The summed E-state index contributed by atoms with van der Waals surface area (Å²) in [6, 6.07) is 9.86. The fourth-order valence-electron chi connectivity index (χ4n) is 4.17. The van der Waals surface area contributed by atoms with Gasteiger partial charge in [0.15, 0.2) is 0 Å². The molecule has 0 bridgehead atoms. The second-order valence-corrected chi connectivity index (χ2v) is 9.60. The van der Waals surface area contributed by atoms with E-state index in [0.717, 1.165) is 33.0 Å². The molecule has 0 aliphatic rings. The van der Waals surface area contributed by atoms with Crippen molar-refractivity contribution in [1.29, 1.82) is 0 Å². The number of hydrogen-bond acceptors (Lipinski definition) is 4. The quantitative estimate of drug-likeness (QED) is 0.426. The van der Waals surface area contributed by atoms with Gasteiger partial charge in [-0.3, -0.25) is 4.79 Å². The normalized spacial score (nSPS) is 11.9. The first kappa shape index (κ1) is 21.9. The van der Waals surface area contributed by atoms with E-state index in [1.54, 1.807) is 6.26 Å². The summed E-state index contributed by atoms with van der Waals surface area (Å²) < 4.78 is 11.6. The molecule has 0 fully saturated rings. The van der Waals surface area contributed by atoms with Gasteiger partial charge in [-0.25, -0.2) is 4.79 Å². The van der Waals surface area contributed by atoms with Crippen molar-refractivity contribution in [2.24, 2.45) is 0 Å². The van der Waals surface area contributed by atoms with Crippen LogP contribution < -0.4 is 10.9 Å². The maximum atomic E-state index is 12.7. The Balaban J connectivity index is 1.72. The Morgan fingerprint density at radius 2 is 1.72 bits per heavy atom. The highest BCUT2D eigenvalue weighted by Gasteiger charge is 2.25. The molecule has 1 N–H and O–H groups in total. The second kappa shape index (κ2) is 7.97. The third-order valence-electron chi connectivity index (χ3n) is 6.04. The molecule has 5 heteroatoms. The van der Waals surface area contributed by atoms with Crippen LogP contribution in [0, 0.1) is 20.8 Å². The summed E-state index contributed by atoms with van der Waals surface area (Å²) >= 11 is 0. The van der Waals surface area contributed by atoms with Crippen molar-refractivity contribution < 1.29 is 13.6 Å². The van der Waals surface area contributed by atoms with E-state index in [2.05, 4.69) is 26.1 Å². The van der Waals surface area contributed by atoms with Gasteiger partial charge in [0.05, 0.1) is 23.6 Å². The van der Waals surface area contributed by atoms with Crippen molar-refractivity contribution in [2.45, 2.75) is 59.9 Å². The molecule has 4 rings (SSSR count). The second-order valence-electron chi connectivity index (χ2n) is 9.60. The van der Waals surface area contributed by atoms with Gasteiger partial charge in [-0.1, -0.05) is 50.6 Å². The lowest BCUT2D eigenvalue weighted by molar-refractivity contribution is -0.120. The minimum absolute atomic E-state index is 0.0435. The molecule has 166 valence electrons. The average Bonchev–Trinajstić information content (AvgIpc) is 3.17. The number of carbonyl (C=O) groups excluding carboxylic acids is 1. The maximum absolute atomic E-state index is 12.7. The Kier molecular flexibility index (Phi) is 5.45. The minimum atomic E-state index is -0.484. The molecule has 0 aliphatic carbocycles. The molecule has 4 aromatic rings. The number of amides is 1. The molecule has 0 spiro atoms. The molecule has 0 unspecified atom stereocenters. The predicted molar refractivity (Wildman–Crippen MR) is 127 cm³/mol. The van der Waals surface area contributed by atoms with E-state index < -0.39 is 5.63 Å². The Morgan fingerprint density at radius 1 is 1.03 bits per heavy atom. The fraction of sp³-hybridized carbons (Fsp3) is 0.333. The number of aryl methyl sites for hydroxylation is 3. The molecular weight excluding hydrogens is 402 g/mol. The summed E-state index contributed by atoms with van der Waals surface area (Å²) in [6.07, 6.45) is 1.74. The molecule has 0 aliphatic heterocycles. The standard InChI is InChI=1S/C27H29NO4/c1-15-7-9-18(10-8-15)13-28-22(29)12-19-17(3)24-21(32-26(19)30)11-16(2)23-20(27(4,5)6)14-31-25(23)24/h7-11,14H,12-13H2,1-6H3,(H,28,29). The zero-order chi connectivity index (χ0) is 23.2. The summed E-state index contributed by atoms with van der Waals surface area (Å²) in [4.78, 5) is 25.4. The Hall–Kier alpha value is -3.34. The number of rotatable bonds is 4. The number of carbonyl (C=O) groups is 1. The van der Waals surface area contributed by atoms with Crippen molar-refractivity contribution >= 4 is 27.8 Å². The van der Waals surface area contributed by atoms with E-state index in [1.807, 2.05) is 51.1 Å². The lowest BCUT2D eigenvalue weighted by Gasteiger charge is -2.17. The van der Waals surface area contributed by atoms with Crippen LogP contribution in [-0.4, -0.2) is 5.91 Å². The molecule has 0 saturated carbocycles. The van der Waals surface area contributed by atoms with Crippen LogP contribution in [-0.2, 0) is 23.2 Å². The SMILES string of the molecule is Cc1ccc(CNC(=O)Cc2c(C)c3c(cc(C)c4c(C(C)(C)C)coc43)oc2=O)cc1. The number of nitrogens with one attached hydrogen (secondary N) is 1. The van der Waals surface area contributed by atoms with Crippen molar-refractivity contribution in [3.63, 3.8) is 0 Å². The van der Waals surface area contributed by atoms with E-state index in [4.69, 9.17) is 8.83 Å². The number of hydrogen-bond donors (Lipinski definition) is 1. The van der Waals surface area contributed by atoms with Crippen LogP contribution in [0.5, 0.6) is 0 Å². The summed E-state index contributed by atoms with van der Waals surface area (Å²) in [5.41, 5.74) is 5.97. The molecule has 1 amide bonds. The highest BCUT2D eigenvalue weighted by molar-refractivity contribution is 6.07. The van der Waals surface area contributed by atoms with Gasteiger partial charge in [-0.2, -0.15) is 0 Å². The van der Waals surface area contributed by atoms with E-state index in [9.17, 15) is 9.59 Å². The zero-order valence-corrected chi connectivity index (χ0v) is 19.5. The first-order chi connectivity index (χ1) is 15.1. The van der Waals surface area contributed by atoms with Gasteiger partial charge in [0, 0.05) is 17.5 Å². The van der Waals surface area contributed by atoms with Crippen LogP contribution in [0.2, 0.25) is 0 Å². The van der Waals surface area contributed by atoms with Crippen LogP contribution in [0.15, 0.2) is 50.2 Å². The highest BCUT2D eigenvalue weighted by atomic mass is 16.4. The van der Waals surface area contributed by atoms with E-state index in [-0.39, 0.29) is 17.7 Å². The Morgan fingerprint density at radius 3 is 2.38 bits per heavy atom. The topological polar surface area (TPSA) is 72.5 Å². The highest BCUT2D eigenvalue weighted by Crippen LogP contribution is 2.38. The maximum Gasteiger partial charge on any atom is 0.340 e. The number of benzene rings is 2. The van der Waals surface area contributed by atoms with Gasteiger partial charge in [0.25, 0.3) is 0 Å². The van der Waals surface area contributed by atoms with Crippen molar-refractivity contribution in [2.75, 3.05) is 0 Å². The van der Waals surface area contributed by atoms with Crippen LogP contribution in [0.25, 0.3) is 21.9 Å². The van der Waals surface area contributed by atoms with Crippen molar-refractivity contribution in [1.82, 2.24) is 5.32 Å². The van der Waals surface area contributed by atoms with E-state index in [0.29, 0.717) is 23.3 Å². The van der Waals surface area contributed by atoms with Crippen molar-refractivity contribution in [3.05, 3.63) is 80.4 Å². The van der Waals surface area contributed by atoms with Crippen molar-refractivity contribution in [3.8, 4) is 0 Å². The molecule has 2 aromatic heterocycles. The number of fused-ring (bicyclic) bond motifs is 3. The Bertz CT molecular complexity index is 1380. The van der Waals surface area contributed by atoms with Crippen LogP contribution >= 0.6 is 0 Å². The molecule has 2 aromatic carbocycles. The summed E-state index contributed by atoms with van der Waals surface area (Å²) in [6.45, 7) is 12.7. The Labute approximate surface area is 187 Å². The van der Waals surface area contributed by atoms with E-state index in [1.165, 1.54) is 5.56 Å². The van der Waals surface area contributed by atoms with Gasteiger partial charge in [0.1, 0.15) is 11.2 Å². The minimum Gasteiger partial charge on any atom is -0.463 e. The van der Waals surface area contributed by atoms with Crippen LogP contribution in [0.3, 0.4) is 0 Å². The first-order valence-corrected chi connectivity index (χ1v) is 10.9. The number of furan rings is 1. The average molecular weight is 432 g/mol. The smallest absolute Gasteiger partial charge is 0.340 e. The van der Waals surface area contributed by atoms with Gasteiger partial charge in [0.2, 0.25) is 5.91 Å². The van der Waals surface area contributed by atoms with Crippen LogP contribution in [0.4, 0.5) is 0 Å². The van der Waals surface area contributed by atoms with Gasteiger partial charge < -0.3 is 14.2 Å². The zero-order valence-electron chi connectivity index (χ0n) is 19.5. The monoisotopic (exact) mass is 431 g/mol. The molecule has 2 heterocycles. The molecular formula is C27H29NO4. The van der Waals surface area contributed by atoms with Crippen LogP contribution in [0.1, 0.15) is 54.2 Å². The molecule has 0 saturated heterocycles. The first-order valence-electron chi connectivity index (χ1n) is 10.9. The fourth-order valence-corrected chi connectivity index (χ4v) is 4.17. The predicted octanol–water partition coefficient (Wildman–Crippen LogP) is 5.62. The lowest BCUT2D eigenvalue weighted by atomic mass is 9.85. The third-order valence-corrected chi connectivity index (χ3v) is 6.04. The van der Waals surface area contributed by atoms with E-state index >= 15 is 0 Å². The molecule has 5 nitrogen and oxygen atoms in total. The van der Waals surface area contributed by atoms with Gasteiger partial charge >= 0.3 is 5.63 Å². The summed E-state index contributed by atoms with van der Waals surface area (Å²) in [5, 5.41) is 4.69. The van der Waals surface area contributed by atoms with Gasteiger partial charge in [-0.15, -0.1) is 0 Å². The molecule has 0 radical (unpaired) electrons. The summed E-state index contributed by atoms with van der Waals surface area (Å²) in [7, 11) is 0. The summed E-state index contributed by atoms with van der Waals surface area (Å²) in [5.74, 6) is -0.224. The van der Waals surface area contributed by atoms with Gasteiger partial charge in [-0.05, 0) is 48.9 Å². The lowest BCUT2D eigenvalue weighted by Crippen LogP contribution is -2.27. The molecule has 32 heavy (non-hydrogen) atoms. The largest absolute Gasteiger partial charge is 0.463 e. The third kappa shape index (κ3) is 3.95.